The lowest BCUT2D eigenvalue weighted by molar-refractivity contribution is -0.120. The molecule has 0 radical (unpaired) electrons. The molecule has 1 amide bonds. The van der Waals surface area contributed by atoms with Crippen molar-refractivity contribution in [2.75, 3.05) is 13.7 Å². The summed E-state index contributed by atoms with van der Waals surface area (Å²) in [5.41, 5.74) is 1.71. The number of carboxylic acids is 1. The molecular weight excluding hydrogens is 342 g/mol. The number of ether oxygens (including phenoxy) is 1. The van der Waals surface area contributed by atoms with E-state index < -0.39 is 5.97 Å². The van der Waals surface area contributed by atoms with Gasteiger partial charge in [0.25, 0.3) is 0 Å². The highest BCUT2D eigenvalue weighted by Gasteiger charge is 2.38. The first kappa shape index (κ1) is 19.0. The van der Waals surface area contributed by atoms with Crippen molar-refractivity contribution in [1.82, 2.24) is 5.32 Å². The number of hydrogen-bond donors (Lipinski definition) is 2. The third-order valence-corrected chi connectivity index (χ3v) is 5.46. The molecule has 2 N–H and O–H groups in total. The number of benzene rings is 2. The van der Waals surface area contributed by atoms with E-state index >= 15 is 0 Å². The average molecular weight is 367 g/mol. The van der Waals surface area contributed by atoms with Crippen LogP contribution in [0.2, 0.25) is 0 Å². The van der Waals surface area contributed by atoms with E-state index in [0.717, 1.165) is 37.0 Å². The Labute approximate surface area is 159 Å². The van der Waals surface area contributed by atoms with Crippen LogP contribution in [-0.2, 0) is 16.6 Å². The summed E-state index contributed by atoms with van der Waals surface area (Å²) >= 11 is 0. The second-order valence-corrected chi connectivity index (χ2v) is 7.10. The summed E-state index contributed by atoms with van der Waals surface area (Å²) < 4.78 is 5.55. The number of methoxy groups -OCH3 is 1. The minimum atomic E-state index is -1.01. The molecule has 142 valence electrons. The fourth-order valence-electron chi connectivity index (χ4n) is 4.06. The predicted octanol–water partition coefficient (Wildman–Crippen LogP) is 3.56. The molecule has 1 fully saturated rings. The van der Waals surface area contributed by atoms with E-state index in [9.17, 15) is 14.7 Å². The van der Waals surface area contributed by atoms with Crippen molar-refractivity contribution >= 4 is 11.9 Å². The van der Waals surface area contributed by atoms with Gasteiger partial charge in [-0.15, -0.1) is 0 Å². The van der Waals surface area contributed by atoms with Crippen molar-refractivity contribution in [3.05, 3.63) is 65.2 Å². The zero-order valence-electron chi connectivity index (χ0n) is 15.5. The summed E-state index contributed by atoms with van der Waals surface area (Å²) in [5, 5.41) is 12.3. The van der Waals surface area contributed by atoms with Crippen molar-refractivity contribution < 1.29 is 19.4 Å². The van der Waals surface area contributed by atoms with Crippen LogP contribution in [0.15, 0.2) is 48.5 Å². The summed E-state index contributed by atoms with van der Waals surface area (Å²) in [6.07, 6.45) is 4.30. The van der Waals surface area contributed by atoms with E-state index in [4.69, 9.17) is 4.74 Å². The van der Waals surface area contributed by atoms with E-state index in [2.05, 4.69) is 11.4 Å². The standard InChI is InChI=1S/C22H25NO4/c1-27-19-11-5-4-10-18(19)22(12-6-7-13-22)15-23-20(24)14-16-8-2-3-9-17(16)21(25)26/h2-5,8-11H,6-7,12-15H2,1H3,(H,23,24)(H,25,26). The second kappa shape index (κ2) is 8.25. The molecule has 0 spiro atoms. The van der Waals surface area contributed by atoms with Gasteiger partial charge in [0.2, 0.25) is 5.91 Å². The molecule has 5 heteroatoms. The Morgan fingerprint density at radius 3 is 2.44 bits per heavy atom. The van der Waals surface area contributed by atoms with Crippen LogP contribution in [0.1, 0.15) is 47.2 Å². The van der Waals surface area contributed by atoms with Crippen LogP contribution < -0.4 is 10.1 Å². The lowest BCUT2D eigenvalue weighted by Gasteiger charge is -2.31. The van der Waals surface area contributed by atoms with Crippen LogP contribution in [0.5, 0.6) is 5.75 Å². The fourth-order valence-corrected chi connectivity index (χ4v) is 4.06. The molecule has 5 nitrogen and oxygen atoms in total. The highest BCUT2D eigenvalue weighted by molar-refractivity contribution is 5.91. The maximum Gasteiger partial charge on any atom is 0.335 e. The molecule has 27 heavy (non-hydrogen) atoms. The van der Waals surface area contributed by atoms with Gasteiger partial charge in [-0.1, -0.05) is 49.2 Å². The maximum atomic E-state index is 12.5. The van der Waals surface area contributed by atoms with E-state index in [0.29, 0.717) is 12.1 Å². The van der Waals surface area contributed by atoms with Gasteiger partial charge < -0.3 is 15.2 Å². The zero-order chi connectivity index (χ0) is 19.3. The Morgan fingerprint density at radius 1 is 1.07 bits per heavy atom. The van der Waals surface area contributed by atoms with Gasteiger partial charge in [0, 0.05) is 17.5 Å². The third kappa shape index (κ3) is 4.13. The van der Waals surface area contributed by atoms with Crippen LogP contribution in [0.25, 0.3) is 0 Å². The summed E-state index contributed by atoms with van der Waals surface area (Å²) in [4.78, 5) is 23.9. The largest absolute Gasteiger partial charge is 0.496 e. The van der Waals surface area contributed by atoms with E-state index in [1.807, 2.05) is 18.2 Å². The number of amides is 1. The summed E-state index contributed by atoms with van der Waals surface area (Å²) in [5.74, 6) is -0.325. The topological polar surface area (TPSA) is 75.6 Å². The number of para-hydroxylation sites is 1. The Kier molecular flexibility index (Phi) is 5.79. The lowest BCUT2D eigenvalue weighted by atomic mass is 9.78. The molecule has 1 aliphatic carbocycles. The van der Waals surface area contributed by atoms with Crippen molar-refractivity contribution in [2.45, 2.75) is 37.5 Å². The Bertz CT molecular complexity index is 825. The second-order valence-electron chi connectivity index (χ2n) is 7.10. The van der Waals surface area contributed by atoms with Gasteiger partial charge in [0.05, 0.1) is 19.1 Å². The first-order valence-corrected chi connectivity index (χ1v) is 9.27. The van der Waals surface area contributed by atoms with Crippen LogP contribution in [-0.4, -0.2) is 30.6 Å². The molecule has 1 saturated carbocycles. The smallest absolute Gasteiger partial charge is 0.335 e. The maximum absolute atomic E-state index is 12.5. The number of rotatable bonds is 7. The minimum absolute atomic E-state index is 0.0600. The first-order chi connectivity index (χ1) is 13.1. The number of carbonyl (C=O) groups excluding carboxylic acids is 1. The zero-order valence-corrected chi connectivity index (χ0v) is 15.5. The lowest BCUT2D eigenvalue weighted by Crippen LogP contribution is -2.40. The normalized spacial score (nSPS) is 15.3. The van der Waals surface area contributed by atoms with Gasteiger partial charge in [0.15, 0.2) is 0 Å². The van der Waals surface area contributed by atoms with E-state index in [-0.39, 0.29) is 23.3 Å². The Hall–Kier alpha value is -2.82. The molecule has 0 saturated heterocycles. The van der Waals surface area contributed by atoms with Crippen LogP contribution in [0.4, 0.5) is 0 Å². The van der Waals surface area contributed by atoms with Crippen molar-refractivity contribution in [2.24, 2.45) is 0 Å². The number of nitrogens with one attached hydrogen (secondary N) is 1. The van der Waals surface area contributed by atoms with Crippen molar-refractivity contribution in [3.63, 3.8) is 0 Å². The van der Waals surface area contributed by atoms with E-state index in [1.165, 1.54) is 6.07 Å². The number of carboxylic acid groups (broad SMARTS) is 1. The quantitative estimate of drug-likeness (QED) is 0.784. The molecule has 3 rings (SSSR count). The van der Waals surface area contributed by atoms with Gasteiger partial charge in [0.1, 0.15) is 5.75 Å². The van der Waals surface area contributed by atoms with Crippen LogP contribution >= 0.6 is 0 Å². The number of aromatic carboxylic acids is 1. The van der Waals surface area contributed by atoms with Gasteiger partial charge in [-0.2, -0.15) is 0 Å². The predicted molar refractivity (Wildman–Crippen MR) is 103 cm³/mol. The van der Waals surface area contributed by atoms with Gasteiger partial charge in [-0.25, -0.2) is 4.79 Å². The molecule has 2 aromatic rings. The Morgan fingerprint density at radius 2 is 1.74 bits per heavy atom. The molecule has 1 aliphatic rings. The highest BCUT2D eigenvalue weighted by Crippen LogP contribution is 2.44. The third-order valence-electron chi connectivity index (χ3n) is 5.46. The fraction of sp³-hybridized carbons (Fsp3) is 0.364. The summed E-state index contributed by atoms with van der Waals surface area (Å²) in [6, 6.07) is 14.6. The Balaban J connectivity index is 1.74. The van der Waals surface area contributed by atoms with Gasteiger partial charge in [-0.05, 0) is 30.5 Å². The summed E-state index contributed by atoms with van der Waals surface area (Å²) in [6.45, 7) is 0.529. The number of carbonyl (C=O) groups is 2. The first-order valence-electron chi connectivity index (χ1n) is 9.27. The van der Waals surface area contributed by atoms with Crippen molar-refractivity contribution in [3.8, 4) is 5.75 Å². The van der Waals surface area contributed by atoms with Crippen LogP contribution in [0.3, 0.4) is 0 Å². The average Bonchev–Trinajstić information content (AvgIpc) is 3.16. The SMILES string of the molecule is COc1ccccc1C1(CNC(=O)Cc2ccccc2C(=O)O)CCCC1. The monoisotopic (exact) mass is 367 g/mol. The highest BCUT2D eigenvalue weighted by atomic mass is 16.5. The molecular formula is C22H25NO4. The minimum Gasteiger partial charge on any atom is -0.496 e. The molecule has 0 heterocycles. The van der Waals surface area contributed by atoms with Gasteiger partial charge >= 0.3 is 5.97 Å². The summed E-state index contributed by atoms with van der Waals surface area (Å²) in [7, 11) is 1.67. The van der Waals surface area contributed by atoms with Gasteiger partial charge in [-0.3, -0.25) is 4.79 Å². The molecule has 0 bridgehead atoms. The molecule has 0 aliphatic heterocycles. The van der Waals surface area contributed by atoms with Crippen LogP contribution in [0, 0.1) is 0 Å². The van der Waals surface area contributed by atoms with E-state index in [1.54, 1.807) is 25.3 Å². The molecule has 0 aromatic heterocycles. The van der Waals surface area contributed by atoms with Crippen molar-refractivity contribution in [1.29, 1.82) is 0 Å². The molecule has 2 aromatic carbocycles. The molecule has 0 atom stereocenters. The molecule has 0 unspecified atom stereocenters. The number of hydrogen-bond acceptors (Lipinski definition) is 3.